The minimum Gasteiger partial charge on any atom is -0.495 e. The standard InChI is InChI=1S/C22H24BrN5O3S/c1-4-13(2)18(25-21(30)24-16-7-5-6-8-17(16)31-3)19(29)26-22-28-27-20(32-22)14-9-11-15(23)12-10-14/h5-13,18H,4H2,1-3H3,(H2,24,25,30)(H,26,28,29). The van der Waals surface area contributed by atoms with Crippen LogP contribution in [0.4, 0.5) is 15.6 Å². The second-order valence-corrected chi connectivity index (χ2v) is 8.96. The lowest BCUT2D eigenvalue weighted by molar-refractivity contribution is -0.119. The molecule has 0 aliphatic rings. The first-order chi connectivity index (χ1) is 15.4. The fraction of sp³-hybridized carbons (Fsp3) is 0.273. The molecule has 0 aliphatic carbocycles. The first-order valence-electron chi connectivity index (χ1n) is 10.0. The Morgan fingerprint density at radius 1 is 1.09 bits per heavy atom. The number of halogens is 1. The van der Waals surface area contributed by atoms with Crippen LogP contribution < -0.4 is 20.7 Å². The van der Waals surface area contributed by atoms with E-state index in [0.717, 1.165) is 10.0 Å². The molecule has 1 heterocycles. The number of anilines is 2. The quantitative estimate of drug-likeness (QED) is 0.383. The predicted molar refractivity (Wildman–Crippen MR) is 130 cm³/mol. The van der Waals surface area contributed by atoms with E-state index in [2.05, 4.69) is 42.1 Å². The molecule has 0 saturated heterocycles. The minimum atomic E-state index is -0.755. The van der Waals surface area contributed by atoms with Crippen molar-refractivity contribution in [1.82, 2.24) is 15.5 Å². The zero-order chi connectivity index (χ0) is 23.1. The zero-order valence-corrected chi connectivity index (χ0v) is 20.3. The summed E-state index contributed by atoms with van der Waals surface area (Å²) in [6.07, 6.45) is 0.702. The Kier molecular flexibility index (Phi) is 8.18. The first-order valence-corrected chi connectivity index (χ1v) is 11.6. The summed E-state index contributed by atoms with van der Waals surface area (Å²) in [7, 11) is 1.53. The molecule has 0 saturated carbocycles. The molecule has 10 heteroatoms. The summed E-state index contributed by atoms with van der Waals surface area (Å²) < 4.78 is 6.22. The highest BCUT2D eigenvalue weighted by Gasteiger charge is 2.27. The van der Waals surface area contributed by atoms with Crippen LogP contribution in [0, 0.1) is 5.92 Å². The lowest BCUT2D eigenvalue weighted by atomic mass is 9.98. The summed E-state index contributed by atoms with van der Waals surface area (Å²) >= 11 is 4.67. The summed E-state index contributed by atoms with van der Waals surface area (Å²) in [4.78, 5) is 25.6. The molecule has 2 unspecified atom stereocenters. The molecule has 2 atom stereocenters. The predicted octanol–water partition coefficient (Wildman–Crippen LogP) is 5.15. The molecule has 0 spiro atoms. The third-order valence-electron chi connectivity index (χ3n) is 4.88. The molecule has 3 rings (SSSR count). The van der Waals surface area contributed by atoms with E-state index in [0.29, 0.717) is 28.0 Å². The first kappa shape index (κ1) is 23.7. The van der Waals surface area contributed by atoms with Crippen LogP contribution in [0.5, 0.6) is 5.75 Å². The number of hydrogen-bond donors (Lipinski definition) is 3. The summed E-state index contributed by atoms with van der Waals surface area (Å²) in [5, 5.41) is 17.6. The molecule has 3 amide bonds. The van der Waals surface area contributed by atoms with Crippen molar-refractivity contribution >= 4 is 50.0 Å². The van der Waals surface area contributed by atoms with Gasteiger partial charge in [0.05, 0.1) is 12.8 Å². The molecule has 0 radical (unpaired) electrons. The number of carbonyl (C=O) groups excluding carboxylic acids is 2. The Labute approximate surface area is 198 Å². The van der Waals surface area contributed by atoms with Gasteiger partial charge in [0.15, 0.2) is 0 Å². The minimum absolute atomic E-state index is 0.0997. The summed E-state index contributed by atoms with van der Waals surface area (Å²) in [5.41, 5.74) is 1.41. The highest BCUT2D eigenvalue weighted by Crippen LogP contribution is 2.28. The highest BCUT2D eigenvalue weighted by atomic mass is 79.9. The van der Waals surface area contributed by atoms with Crippen LogP contribution in [0.25, 0.3) is 10.6 Å². The molecule has 3 aromatic rings. The van der Waals surface area contributed by atoms with Gasteiger partial charge in [0.2, 0.25) is 11.0 Å². The van der Waals surface area contributed by atoms with Gasteiger partial charge in [0.25, 0.3) is 0 Å². The Bertz CT molecular complexity index is 1070. The number of benzene rings is 2. The number of hydrogen-bond acceptors (Lipinski definition) is 6. The van der Waals surface area contributed by atoms with E-state index in [1.165, 1.54) is 18.4 Å². The van der Waals surface area contributed by atoms with E-state index in [4.69, 9.17) is 4.74 Å². The average Bonchev–Trinajstić information content (AvgIpc) is 3.26. The van der Waals surface area contributed by atoms with Gasteiger partial charge < -0.3 is 15.4 Å². The summed E-state index contributed by atoms with van der Waals surface area (Å²) in [6.45, 7) is 3.86. The van der Waals surface area contributed by atoms with Gasteiger partial charge in [-0.1, -0.05) is 71.8 Å². The van der Waals surface area contributed by atoms with E-state index < -0.39 is 12.1 Å². The Hall–Kier alpha value is -2.98. The zero-order valence-electron chi connectivity index (χ0n) is 17.9. The van der Waals surface area contributed by atoms with Gasteiger partial charge in [0, 0.05) is 10.0 Å². The van der Waals surface area contributed by atoms with Gasteiger partial charge in [-0.2, -0.15) is 0 Å². The summed E-state index contributed by atoms with van der Waals surface area (Å²) in [6, 6.07) is 13.5. The van der Waals surface area contributed by atoms with E-state index in [-0.39, 0.29) is 11.8 Å². The monoisotopic (exact) mass is 517 g/mol. The lowest BCUT2D eigenvalue weighted by Gasteiger charge is -2.23. The largest absolute Gasteiger partial charge is 0.495 e. The van der Waals surface area contributed by atoms with Crippen molar-refractivity contribution < 1.29 is 14.3 Å². The molecular weight excluding hydrogens is 494 g/mol. The third-order valence-corrected chi connectivity index (χ3v) is 6.30. The molecule has 1 aromatic heterocycles. The maximum absolute atomic E-state index is 13.0. The van der Waals surface area contributed by atoms with Gasteiger partial charge in [-0.05, 0) is 30.2 Å². The Morgan fingerprint density at radius 2 is 1.81 bits per heavy atom. The van der Waals surface area contributed by atoms with Crippen molar-refractivity contribution in [2.75, 3.05) is 17.7 Å². The van der Waals surface area contributed by atoms with E-state index in [1.807, 2.05) is 44.2 Å². The topological polar surface area (TPSA) is 105 Å². The fourth-order valence-corrected chi connectivity index (χ4v) is 3.93. The van der Waals surface area contributed by atoms with Crippen molar-refractivity contribution in [1.29, 1.82) is 0 Å². The molecule has 168 valence electrons. The number of rotatable bonds is 8. The average molecular weight is 518 g/mol. The number of para-hydroxylation sites is 2. The van der Waals surface area contributed by atoms with Crippen LogP contribution >= 0.6 is 27.3 Å². The maximum atomic E-state index is 13.0. The summed E-state index contributed by atoms with van der Waals surface area (Å²) in [5.74, 6) is 0.0758. The van der Waals surface area contributed by atoms with Crippen molar-refractivity contribution in [2.24, 2.45) is 5.92 Å². The van der Waals surface area contributed by atoms with E-state index >= 15 is 0 Å². The second kappa shape index (κ2) is 11.1. The smallest absolute Gasteiger partial charge is 0.320 e. The number of urea groups is 1. The van der Waals surface area contributed by atoms with E-state index in [9.17, 15) is 9.59 Å². The third kappa shape index (κ3) is 6.04. The van der Waals surface area contributed by atoms with Crippen LogP contribution in [0.3, 0.4) is 0 Å². The number of ether oxygens (including phenoxy) is 1. The molecule has 0 bridgehead atoms. The van der Waals surface area contributed by atoms with Crippen LogP contribution in [0.2, 0.25) is 0 Å². The van der Waals surface area contributed by atoms with Gasteiger partial charge in [-0.15, -0.1) is 10.2 Å². The molecule has 0 aliphatic heterocycles. The van der Waals surface area contributed by atoms with Crippen LogP contribution in [0.1, 0.15) is 20.3 Å². The van der Waals surface area contributed by atoms with Crippen LogP contribution in [-0.4, -0.2) is 35.3 Å². The number of nitrogens with zero attached hydrogens (tertiary/aromatic N) is 2. The normalized spacial score (nSPS) is 12.5. The number of methoxy groups -OCH3 is 1. The number of aromatic nitrogens is 2. The van der Waals surface area contributed by atoms with Crippen molar-refractivity contribution in [3.63, 3.8) is 0 Å². The molecule has 2 aromatic carbocycles. The lowest BCUT2D eigenvalue weighted by Crippen LogP contribution is -2.49. The van der Waals surface area contributed by atoms with Crippen LogP contribution in [-0.2, 0) is 4.79 Å². The van der Waals surface area contributed by atoms with Gasteiger partial charge >= 0.3 is 6.03 Å². The van der Waals surface area contributed by atoms with Crippen molar-refractivity contribution in [3.8, 4) is 16.3 Å². The second-order valence-electron chi connectivity index (χ2n) is 7.07. The van der Waals surface area contributed by atoms with Gasteiger partial charge in [0.1, 0.15) is 16.8 Å². The Balaban J connectivity index is 1.68. The van der Waals surface area contributed by atoms with Gasteiger partial charge in [-0.3, -0.25) is 10.1 Å². The molecule has 3 N–H and O–H groups in total. The highest BCUT2D eigenvalue weighted by molar-refractivity contribution is 9.10. The fourth-order valence-electron chi connectivity index (χ4n) is 2.92. The number of carbonyl (C=O) groups is 2. The van der Waals surface area contributed by atoms with Crippen molar-refractivity contribution in [3.05, 3.63) is 53.0 Å². The van der Waals surface area contributed by atoms with Crippen LogP contribution in [0.15, 0.2) is 53.0 Å². The number of amides is 3. The molecule has 0 fully saturated rings. The SMILES string of the molecule is CCC(C)C(NC(=O)Nc1ccccc1OC)C(=O)Nc1nnc(-c2ccc(Br)cc2)s1. The maximum Gasteiger partial charge on any atom is 0.320 e. The molecular formula is C22H24BrN5O3S. The van der Waals surface area contributed by atoms with Crippen molar-refractivity contribution in [2.45, 2.75) is 26.3 Å². The van der Waals surface area contributed by atoms with Gasteiger partial charge in [-0.25, -0.2) is 4.79 Å². The molecule has 32 heavy (non-hydrogen) atoms. The molecule has 8 nitrogen and oxygen atoms in total. The van der Waals surface area contributed by atoms with E-state index in [1.54, 1.807) is 18.2 Å². The number of nitrogens with one attached hydrogen (secondary N) is 3. The Morgan fingerprint density at radius 3 is 2.50 bits per heavy atom.